The summed E-state index contributed by atoms with van der Waals surface area (Å²) in [5.74, 6) is 0.644. The monoisotopic (exact) mass is 350 g/mol. The molecule has 0 spiro atoms. The van der Waals surface area contributed by atoms with Crippen molar-refractivity contribution in [2.24, 2.45) is 10.3 Å². The normalized spacial score (nSPS) is 21.7. The lowest BCUT2D eigenvalue weighted by Gasteiger charge is -2.24. The van der Waals surface area contributed by atoms with E-state index in [9.17, 15) is 13.2 Å². The largest absolute Gasteiger partial charge is 0.354 e. The van der Waals surface area contributed by atoms with Crippen molar-refractivity contribution in [3.05, 3.63) is 29.8 Å². The van der Waals surface area contributed by atoms with Crippen molar-refractivity contribution in [3.8, 4) is 0 Å². The summed E-state index contributed by atoms with van der Waals surface area (Å²) in [6.45, 7) is 2.68. The molecular weight excluding hydrogens is 328 g/mol. The molecule has 1 amide bonds. The Labute approximate surface area is 142 Å². The van der Waals surface area contributed by atoms with Crippen LogP contribution in [0.25, 0.3) is 0 Å². The van der Waals surface area contributed by atoms with Crippen molar-refractivity contribution in [3.63, 3.8) is 0 Å². The highest BCUT2D eigenvalue weighted by molar-refractivity contribution is 7.90. The second kappa shape index (κ2) is 6.90. The highest BCUT2D eigenvalue weighted by Crippen LogP contribution is 2.26. The molecule has 2 aliphatic heterocycles. The third-order valence-corrected chi connectivity index (χ3v) is 5.67. The zero-order valence-electron chi connectivity index (χ0n) is 13.7. The van der Waals surface area contributed by atoms with Gasteiger partial charge in [-0.05, 0) is 44.0 Å². The molecule has 1 aromatic carbocycles. The van der Waals surface area contributed by atoms with E-state index < -0.39 is 10.0 Å². The molecule has 0 radical (unpaired) electrons. The van der Waals surface area contributed by atoms with Gasteiger partial charge in [-0.15, -0.1) is 4.40 Å². The predicted octanol–water partition coefficient (Wildman–Crippen LogP) is 0.183. The summed E-state index contributed by atoms with van der Waals surface area (Å²) in [5, 5.41) is 6.24. The zero-order chi connectivity index (χ0) is 17.2. The molecule has 0 aliphatic carbocycles. The van der Waals surface area contributed by atoms with E-state index in [1.54, 1.807) is 30.1 Å². The Balaban J connectivity index is 1.61. The summed E-state index contributed by atoms with van der Waals surface area (Å²) in [5.41, 5.74) is 0.546. The number of nitrogens with one attached hydrogen (secondary N) is 2. The van der Waals surface area contributed by atoms with Crippen molar-refractivity contribution >= 4 is 21.8 Å². The first-order chi connectivity index (χ1) is 11.5. The Morgan fingerprint density at radius 1 is 1.42 bits per heavy atom. The number of amides is 1. The Bertz CT molecular complexity index is 754. The molecule has 24 heavy (non-hydrogen) atoms. The first kappa shape index (κ1) is 16.9. The van der Waals surface area contributed by atoms with Crippen LogP contribution in [-0.2, 0) is 14.8 Å². The molecule has 8 heteroatoms. The predicted molar refractivity (Wildman–Crippen MR) is 91.4 cm³/mol. The lowest BCUT2D eigenvalue weighted by Crippen LogP contribution is -2.42. The molecule has 3 rings (SSSR count). The molecule has 0 aromatic heterocycles. The van der Waals surface area contributed by atoms with Gasteiger partial charge in [0.1, 0.15) is 4.90 Å². The number of likely N-dealkylation sites (N-methyl/N-ethyl adjacent to an activating group) is 1. The number of nitrogens with zero attached hydrogens (tertiary/aromatic N) is 2. The number of sulfonamides is 1. The lowest BCUT2D eigenvalue weighted by molar-refractivity contribution is -0.121. The Morgan fingerprint density at radius 3 is 2.96 bits per heavy atom. The van der Waals surface area contributed by atoms with Gasteiger partial charge in [0.15, 0.2) is 5.84 Å². The molecule has 1 fully saturated rings. The second-order valence-electron chi connectivity index (χ2n) is 6.26. The molecule has 1 saturated heterocycles. The minimum atomic E-state index is -3.66. The quantitative estimate of drug-likeness (QED) is 0.809. The van der Waals surface area contributed by atoms with Gasteiger partial charge in [0, 0.05) is 19.2 Å². The number of hydrogen-bond acceptors (Lipinski definition) is 5. The van der Waals surface area contributed by atoms with Gasteiger partial charge in [-0.3, -0.25) is 4.79 Å². The van der Waals surface area contributed by atoms with Gasteiger partial charge in [0.2, 0.25) is 5.91 Å². The number of carbonyl (C=O) groups excluding carboxylic acids is 1. The number of fused-ring (bicyclic) bond motifs is 1. The number of amidine groups is 1. The zero-order valence-corrected chi connectivity index (χ0v) is 14.5. The first-order valence-electron chi connectivity index (χ1n) is 8.10. The second-order valence-corrected chi connectivity index (χ2v) is 7.83. The van der Waals surface area contributed by atoms with E-state index in [-0.39, 0.29) is 17.3 Å². The summed E-state index contributed by atoms with van der Waals surface area (Å²) in [7, 11) is -1.98. The maximum absolute atomic E-state index is 12.1. The van der Waals surface area contributed by atoms with E-state index in [2.05, 4.69) is 15.0 Å². The molecule has 2 heterocycles. The first-order valence-corrected chi connectivity index (χ1v) is 9.54. The molecule has 1 unspecified atom stereocenters. The molecule has 2 N–H and O–H groups in total. The van der Waals surface area contributed by atoms with E-state index in [1.807, 2.05) is 0 Å². The van der Waals surface area contributed by atoms with Crippen LogP contribution in [0.2, 0.25) is 0 Å². The summed E-state index contributed by atoms with van der Waals surface area (Å²) < 4.78 is 27.9. The van der Waals surface area contributed by atoms with Crippen molar-refractivity contribution in [1.82, 2.24) is 15.5 Å². The van der Waals surface area contributed by atoms with E-state index >= 15 is 0 Å². The Morgan fingerprint density at radius 2 is 2.21 bits per heavy atom. The third-order valence-electron chi connectivity index (χ3n) is 4.34. The molecule has 0 saturated carbocycles. The van der Waals surface area contributed by atoms with Crippen LogP contribution in [0, 0.1) is 5.92 Å². The van der Waals surface area contributed by atoms with Crippen LogP contribution in [0.1, 0.15) is 18.4 Å². The number of rotatable bonds is 4. The average molecular weight is 350 g/mol. The lowest BCUT2D eigenvalue weighted by atomic mass is 10.00. The van der Waals surface area contributed by atoms with E-state index in [0.29, 0.717) is 23.9 Å². The van der Waals surface area contributed by atoms with Crippen LogP contribution < -0.4 is 10.6 Å². The summed E-state index contributed by atoms with van der Waals surface area (Å²) in [6, 6.07) is 6.67. The average Bonchev–Trinajstić information content (AvgIpc) is 2.86. The van der Waals surface area contributed by atoms with Gasteiger partial charge in [-0.1, -0.05) is 12.1 Å². The SMILES string of the molecule is CN(CC(=O)NCC1CCCNC1)C1=NS(=O)(=O)c2ccccc21. The van der Waals surface area contributed by atoms with E-state index in [0.717, 1.165) is 25.9 Å². The Kier molecular flexibility index (Phi) is 4.86. The number of piperidine rings is 1. The van der Waals surface area contributed by atoms with E-state index in [4.69, 9.17) is 0 Å². The minimum absolute atomic E-state index is 0.0723. The van der Waals surface area contributed by atoms with Gasteiger partial charge in [0.05, 0.1) is 6.54 Å². The fourth-order valence-electron chi connectivity index (χ4n) is 3.07. The number of hydrogen-bond donors (Lipinski definition) is 2. The third kappa shape index (κ3) is 3.59. The summed E-state index contributed by atoms with van der Waals surface area (Å²) in [6.07, 6.45) is 2.24. The maximum atomic E-state index is 12.1. The highest BCUT2D eigenvalue weighted by Gasteiger charge is 2.30. The standard InChI is InChI=1S/C16H22N4O3S/c1-20(11-15(21)18-10-12-5-4-8-17-9-12)16-13-6-2-3-7-14(13)24(22,23)19-16/h2-3,6-7,12,17H,4-5,8-11H2,1H3,(H,18,21). The molecule has 2 aliphatic rings. The van der Waals surface area contributed by atoms with Crippen LogP contribution in [0.5, 0.6) is 0 Å². The van der Waals surface area contributed by atoms with Crippen molar-refractivity contribution in [2.75, 3.05) is 33.2 Å². The van der Waals surface area contributed by atoms with Crippen molar-refractivity contribution in [2.45, 2.75) is 17.7 Å². The van der Waals surface area contributed by atoms with Gasteiger partial charge < -0.3 is 15.5 Å². The van der Waals surface area contributed by atoms with Gasteiger partial charge in [0.25, 0.3) is 10.0 Å². The molecule has 7 nitrogen and oxygen atoms in total. The fraction of sp³-hybridized carbons (Fsp3) is 0.500. The van der Waals surface area contributed by atoms with Crippen LogP contribution in [0.15, 0.2) is 33.6 Å². The van der Waals surface area contributed by atoms with Crippen molar-refractivity contribution < 1.29 is 13.2 Å². The van der Waals surface area contributed by atoms with Crippen molar-refractivity contribution in [1.29, 1.82) is 0 Å². The van der Waals surface area contributed by atoms with Crippen LogP contribution in [-0.4, -0.2) is 58.3 Å². The van der Waals surface area contributed by atoms with Gasteiger partial charge in [-0.25, -0.2) is 0 Å². The van der Waals surface area contributed by atoms with Gasteiger partial charge in [-0.2, -0.15) is 8.42 Å². The Hall–Kier alpha value is -1.93. The molecule has 1 aromatic rings. The topological polar surface area (TPSA) is 90.9 Å². The molecular formula is C16H22N4O3S. The van der Waals surface area contributed by atoms with Crippen LogP contribution in [0.3, 0.4) is 0 Å². The summed E-state index contributed by atoms with van der Waals surface area (Å²) in [4.78, 5) is 13.9. The van der Waals surface area contributed by atoms with Crippen LogP contribution in [0.4, 0.5) is 0 Å². The summed E-state index contributed by atoms with van der Waals surface area (Å²) >= 11 is 0. The molecule has 0 bridgehead atoms. The highest BCUT2D eigenvalue weighted by atomic mass is 32.2. The fourth-order valence-corrected chi connectivity index (χ4v) is 4.32. The smallest absolute Gasteiger partial charge is 0.285 e. The molecule has 130 valence electrons. The number of benzene rings is 1. The number of carbonyl (C=O) groups is 1. The van der Waals surface area contributed by atoms with E-state index in [1.165, 1.54) is 6.07 Å². The maximum Gasteiger partial charge on any atom is 0.285 e. The van der Waals surface area contributed by atoms with Gasteiger partial charge >= 0.3 is 0 Å². The minimum Gasteiger partial charge on any atom is -0.354 e. The molecule has 1 atom stereocenters. The van der Waals surface area contributed by atoms with Crippen LogP contribution >= 0.6 is 0 Å².